The van der Waals surface area contributed by atoms with Crippen molar-refractivity contribution in [2.45, 2.75) is 32.1 Å². The molecule has 0 saturated heterocycles. The Morgan fingerprint density at radius 3 is 2.57 bits per heavy atom. The second-order valence-corrected chi connectivity index (χ2v) is 4.07. The lowest BCUT2D eigenvalue weighted by Gasteiger charge is -2.26. The molecule has 76 valence electrons. The molecule has 3 nitrogen and oxygen atoms in total. The maximum Gasteiger partial charge on any atom is 0.224 e. The van der Waals surface area contributed by atoms with Gasteiger partial charge in [-0.2, -0.15) is 0 Å². The summed E-state index contributed by atoms with van der Waals surface area (Å²) in [7, 11) is 1.86. The summed E-state index contributed by atoms with van der Waals surface area (Å²) in [6, 6.07) is 0. The van der Waals surface area contributed by atoms with E-state index in [0.29, 0.717) is 11.2 Å². The molecule has 0 atom stereocenters. The minimum atomic E-state index is 0.349. The quantitative estimate of drug-likeness (QED) is 0.765. The highest BCUT2D eigenvalue weighted by molar-refractivity contribution is 6.28. The Morgan fingerprint density at radius 1 is 1.36 bits per heavy atom. The van der Waals surface area contributed by atoms with Crippen molar-refractivity contribution in [3.63, 3.8) is 0 Å². The predicted octanol–water partition coefficient (Wildman–Crippen LogP) is 2.75. The fourth-order valence-electron chi connectivity index (χ4n) is 1.83. The third-order valence-electron chi connectivity index (χ3n) is 2.88. The Balaban J connectivity index is 2.41. The van der Waals surface area contributed by atoms with Crippen LogP contribution in [0.4, 0.5) is 5.82 Å². The number of nitrogens with one attached hydrogen (secondary N) is 1. The second kappa shape index (κ2) is 3.73. The lowest BCUT2D eigenvalue weighted by atomic mass is 9.81. The lowest BCUT2D eigenvalue weighted by molar-refractivity contribution is 0.409. The van der Waals surface area contributed by atoms with Gasteiger partial charge in [-0.25, -0.2) is 9.97 Å². The van der Waals surface area contributed by atoms with E-state index in [1.165, 1.54) is 19.3 Å². The average Bonchev–Trinajstić information content (AvgIpc) is 2.07. The largest absolute Gasteiger partial charge is 0.373 e. The molecule has 1 aromatic heterocycles. The molecule has 1 aliphatic carbocycles. The number of hydrogen-bond acceptors (Lipinski definition) is 3. The van der Waals surface area contributed by atoms with Crippen LogP contribution >= 0.6 is 11.6 Å². The van der Waals surface area contributed by atoms with Crippen molar-refractivity contribution in [3.8, 4) is 0 Å². The van der Waals surface area contributed by atoms with Crippen molar-refractivity contribution in [2.24, 2.45) is 0 Å². The number of hydrogen-bond donors (Lipinski definition) is 1. The van der Waals surface area contributed by atoms with E-state index in [1.54, 1.807) is 0 Å². The van der Waals surface area contributed by atoms with Gasteiger partial charge in [-0.15, -0.1) is 0 Å². The van der Waals surface area contributed by atoms with E-state index in [-0.39, 0.29) is 0 Å². The summed E-state index contributed by atoms with van der Waals surface area (Å²) in [4.78, 5) is 8.45. The smallest absolute Gasteiger partial charge is 0.224 e. The Bertz CT molecular complexity index is 347. The van der Waals surface area contributed by atoms with Crippen molar-refractivity contribution in [1.82, 2.24) is 9.97 Å². The van der Waals surface area contributed by atoms with Gasteiger partial charge in [0.25, 0.3) is 0 Å². The first-order valence-corrected chi connectivity index (χ1v) is 5.32. The third kappa shape index (κ3) is 1.57. The van der Waals surface area contributed by atoms with Gasteiger partial charge in [0, 0.05) is 18.5 Å². The molecule has 1 saturated carbocycles. The molecule has 2 rings (SSSR count). The molecule has 1 aliphatic rings. The van der Waals surface area contributed by atoms with E-state index >= 15 is 0 Å². The maximum absolute atomic E-state index is 5.86. The van der Waals surface area contributed by atoms with Crippen LogP contribution < -0.4 is 5.32 Å². The summed E-state index contributed by atoms with van der Waals surface area (Å²) < 4.78 is 0. The molecular weight excluding hydrogens is 198 g/mol. The van der Waals surface area contributed by atoms with Crippen molar-refractivity contribution in [1.29, 1.82) is 0 Å². The molecule has 1 fully saturated rings. The van der Waals surface area contributed by atoms with Crippen LogP contribution in [0.3, 0.4) is 0 Å². The van der Waals surface area contributed by atoms with Crippen molar-refractivity contribution < 1.29 is 0 Å². The molecule has 0 aliphatic heterocycles. The molecule has 4 heteroatoms. The fourth-order valence-corrected chi connectivity index (χ4v) is 2.00. The molecule has 0 amide bonds. The van der Waals surface area contributed by atoms with Gasteiger partial charge in [-0.1, -0.05) is 6.42 Å². The minimum absolute atomic E-state index is 0.349. The molecule has 0 unspecified atom stereocenters. The van der Waals surface area contributed by atoms with Crippen molar-refractivity contribution in [2.75, 3.05) is 12.4 Å². The van der Waals surface area contributed by atoms with E-state index < -0.39 is 0 Å². The number of rotatable bonds is 2. The summed E-state index contributed by atoms with van der Waals surface area (Å²) in [6.45, 7) is 2.05. The topological polar surface area (TPSA) is 37.8 Å². The molecule has 14 heavy (non-hydrogen) atoms. The zero-order valence-corrected chi connectivity index (χ0v) is 9.23. The summed E-state index contributed by atoms with van der Waals surface area (Å²) in [5, 5.41) is 3.39. The van der Waals surface area contributed by atoms with E-state index in [2.05, 4.69) is 22.2 Å². The Kier molecular flexibility index (Phi) is 2.59. The standard InChI is InChI=1S/C10H14ClN3/c1-6-8(7-4-3-5-7)13-10(11)14-9(6)12-2/h7H,3-5H2,1-2H3,(H,12,13,14). The maximum atomic E-state index is 5.86. The van der Waals surface area contributed by atoms with Crippen LogP contribution in [-0.4, -0.2) is 17.0 Å². The van der Waals surface area contributed by atoms with Gasteiger partial charge < -0.3 is 5.32 Å². The van der Waals surface area contributed by atoms with Crippen molar-refractivity contribution in [3.05, 3.63) is 16.5 Å². The predicted molar refractivity (Wildman–Crippen MR) is 57.9 cm³/mol. The first kappa shape index (κ1) is 9.71. The van der Waals surface area contributed by atoms with Gasteiger partial charge in [0.05, 0.1) is 5.69 Å². The molecule has 1 heterocycles. The first-order valence-electron chi connectivity index (χ1n) is 4.94. The summed E-state index contributed by atoms with van der Waals surface area (Å²) in [5.74, 6) is 1.45. The van der Waals surface area contributed by atoms with E-state index in [1.807, 2.05) is 7.05 Å². The van der Waals surface area contributed by atoms with Crippen LogP contribution in [0.15, 0.2) is 0 Å². The normalized spacial score (nSPS) is 16.5. The van der Waals surface area contributed by atoms with Crippen LogP contribution in [0, 0.1) is 6.92 Å². The molecule has 1 aromatic rings. The fraction of sp³-hybridized carbons (Fsp3) is 0.600. The molecule has 1 N–H and O–H groups in total. The van der Waals surface area contributed by atoms with Crippen molar-refractivity contribution >= 4 is 17.4 Å². The van der Waals surface area contributed by atoms with Crippen LogP contribution in [0.1, 0.15) is 36.4 Å². The summed E-state index contributed by atoms with van der Waals surface area (Å²) in [6.07, 6.45) is 3.77. The van der Waals surface area contributed by atoms with E-state index in [4.69, 9.17) is 11.6 Å². The Labute approximate surface area is 88.9 Å². The molecule has 0 radical (unpaired) electrons. The molecule has 0 bridgehead atoms. The Morgan fingerprint density at radius 2 is 2.07 bits per heavy atom. The Hall–Kier alpha value is -0.830. The summed E-state index contributed by atoms with van der Waals surface area (Å²) in [5.41, 5.74) is 2.27. The zero-order chi connectivity index (χ0) is 10.1. The van der Waals surface area contributed by atoms with Crippen LogP contribution in [-0.2, 0) is 0 Å². The van der Waals surface area contributed by atoms with Gasteiger partial charge in [0.15, 0.2) is 0 Å². The number of anilines is 1. The highest BCUT2D eigenvalue weighted by Crippen LogP contribution is 2.38. The monoisotopic (exact) mass is 211 g/mol. The number of aromatic nitrogens is 2. The highest BCUT2D eigenvalue weighted by atomic mass is 35.5. The van der Waals surface area contributed by atoms with Gasteiger partial charge >= 0.3 is 0 Å². The van der Waals surface area contributed by atoms with Gasteiger partial charge in [0.1, 0.15) is 5.82 Å². The van der Waals surface area contributed by atoms with E-state index in [9.17, 15) is 0 Å². The van der Waals surface area contributed by atoms with E-state index in [0.717, 1.165) is 17.1 Å². The van der Waals surface area contributed by atoms with Crippen LogP contribution in [0.2, 0.25) is 5.28 Å². The zero-order valence-electron chi connectivity index (χ0n) is 8.47. The van der Waals surface area contributed by atoms with Crippen LogP contribution in [0.25, 0.3) is 0 Å². The number of halogens is 1. The lowest BCUT2D eigenvalue weighted by Crippen LogP contribution is -2.14. The number of nitrogens with zero attached hydrogens (tertiary/aromatic N) is 2. The first-order chi connectivity index (χ1) is 6.72. The van der Waals surface area contributed by atoms with Gasteiger partial charge in [-0.3, -0.25) is 0 Å². The second-order valence-electron chi connectivity index (χ2n) is 3.73. The SMILES string of the molecule is CNc1nc(Cl)nc(C2CCC2)c1C. The molecule has 0 spiro atoms. The van der Waals surface area contributed by atoms with Gasteiger partial charge in [0.2, 0.25) is 5.28 Å². The van der Waals surface area contributed by atoms with Crippen LogP contribution in [0.5, 0.6) is 0 Å². The summed E-state index contributed by atoms with van der Waals surface area (Å²) >= 11 is 5.86. The molecular formula is C10H14ClN3. The third-order valence-corrected chi connectivity index (χ3v) is 3.05. The molecule has 0 aromatic carbocycles. The van der Waals surface area contributed by atoms with Gasteiger partial charge in [-0.05, 0) is 31.4 Å². The highest BCUT2D eigenvalue weighted by Gasteiger charge is 2.24. The average molecular weight is 212 g/mol. The minimum Gasteiger partial charge on any atom is -0.373 e.